The number of aliphatic hydroxyl groups excluding tert-OH is 1. The summed E-state index contributed by atoms with van der Waals surface area (Å²) >= 11 is 0. The third-order valence-corrected chi connectivity index (χ3v) is 4.80. The van der Waals surface area contributed by atoms with Gasteiger partial charge in [0, 0.05) is 31.6 Å². The van der Waals surface area contributed by atoms with Gasteiger partial charge in [-0.2, -0.15) is 0 Å². The number of β-amino-alcohol motifs (C(OH)–C–C–N with tert-alkyl or cyclic N) is 1. The molecule has 2 aliphatic rings. The molecule has 3 rings (SSSR count). The van der Waals surface area contributed by atoms with Crippen LogP contribution in [-0.2, 0) is 12.8 Å². The molecule has 0 amide bonds. The van der Waals surface area contributed by atoms with Gasteiger partial charge < -0.3 is 20.6 Å². The number of nitrogens with one attached hydrogen (secondary N) is 2. The lowest BCUT2D eigenvalue weighted by molar-refractivity contribution is 0.124. The van der Waals surface area contributed by atoms with Gasteiger partial charge >= 0.3 is 0 Å². The van der Waals surface area contributed by atoms with Crippen molar-refractivity contribution >= 4 is 5.82 Å². The Bertz CT molecular complexity index is 488. The Morgan fingerprint density at radius 2 is 1.91 bits per heavy atom. The van der Waals surface area contributed by atoms with E-state index in [0.717, 1.165) is 57.1 Å². The highest BCUT2D eigenvalue weighted by atomic mass is 16.3. The zero-order valence-electron chi connectivity index (χ0n) is 13.9. The second-order valence-corrected chi connectivity index (χ2v) is 6.65. The minimum Gasteiger partial charge on any atom is -0.390 e. The van der Waals surface area contributed by atoms with Crippen LogP contribution in [0.1, 0.15) is 36.9 Å². The molecule has 0 aliphatic carbocycles. The summed E-state index contributed by atoms with van der Waals surface area (Å²) in [4.78, 5) is 11.2. The van der Waals surface area contributed by atoms with Crippen molar-refractivity contribution in [1.82, 2.24) is 20.2 Å². The van der Waals surface area contributed by atoms with Crippen LogP contribution in [0, 0.1) is 0 Å². The summed E-state index contributed by atoms with van der Waals surface area (Å²) < 4.78 is 0. The lowest BCUT2D eigenvalue weighted by Crippen LogP contribution is -2.37. The van der Waals surface area contributed by atoms with E-state index < -0.39 is 0 Å². The molecule has 0 bridgehead atoms. The number of anilines is 1. The summed E-state index contributed by atoms with van der Waals surface area (Å²) in [5.74, 6) is 0.897. The van der Waals surface area contributed by atoms with Crippen LogP contribution in [0.2, 0.25) is 0 Å². The zero-order valence-corrected chi connectivity index (χ0v) is 13.9. The number of likely N-dealkylation sites (tertiary alicyclic amines) is 1. The van der Waals surface area contributed by atoms with Crippen LogP contribution in [0.5, 0.6) is 0 Å². The van der Waals surface area contributed by atoms with Gasteiger partial charge in [0.2, 0.25) is 0 Å². The van der Waals surface area contributed by atoms with Gasteiger partial charge in [0.25, 0.3) is 0 Å². The topological polar surface area (TPSA) is 73.3 Å². The van der Waals surface area contributed by atoms with E-state index in [9.17, 15) is 5.11 Å². The number of aliphatic hydroxyl groups is 1. The number of nitrogens with zero attached hydrogens (tertiary/aromatic N) is 3. The number of fused-ring (bicyclic) bond motifs is 1. The van der Waals surface area contributed by atoms with Crippen molar-refractivity contribution in [3.63, 3.8) is 0 Å². The van der Waals surface area contributed by atoms with E-state index in [-0.39, 0.29) is 6.10 Å². The molecule has 1 saturated heterocycles. The molecule has 1 aromatic rings. The monoisotopic (exact) mass is 319 g/mol. The van der Waals surface area contributed by atoms with Crippen LogP contribution in [0.3, 0.4) is 0 Å². The fraction of sp³-hybridized carbons (Fsp3) is 0.765. The summed E-state index contributed by atoms with van der Waals surface area (Å²) in [6.45, 7) is 5.47. The Hall–Kier alpha value is -1.24. The van der Waals surface area contributed by atoms with Crippen LogP contribution in [0.15, 0.2) is 6.33 Å². The van der Waals surface area contributed by atoms with E-state index in [0.29, 0.717) is 6.54 Å². The summed E-state index contributed by atoms with van der Waals surface area (Å²) in [6, 6.07) is 0. The summed E-state index contributed by atoms with van der Waals surface area (Å²) in [7, 11) is 0. The predicted octanol–water partition coefficient (Wildman–Crippen LogP) is 0.814. The first-order valence-electron chi connectivity index (χ1n) is 9.00. The first kappa shape index (κ1) is 16.6. The molecule has 0 spiro atoms. The van der Waals surface area contributed by atoms with Crippen molar-refractivity contribution in [2.45, 2.75) is 44.6 Å². The Morgan fingerprint density at radius 3 is 2.74 bits per heavy atom. The highest BCUT2D eigenvalue weighted by molar-refractivity contribution is 5.46. The number of aromatic nitrogens is 2. The van der Waals surface area contributed by atoms with Crippen molar-refractivity contribution in [2.24, 2.45) is 0 Å². The molecular formula is C17H29N5O. The van der Waals surface area contributed by atoms with E-state index in [1.165, 1.54) is 31.2 Å². The van der Waals surface area contributed by atoms with Crippen molar-refractivity contribution < 1.29 is 5.11 Å². The molecule has 3 heterocycles. The van der Waals surface area contributed by atoms with Gasteiger partial charge in [-0.25, -0.2) is 9.97 Å². The first-order chi connectivity index (χ1) is 11.3. The molecule has 0 saturated carbocycles. The number of hydrogen-bond acceptors (Lipinski definition) is 6. The highest BCUT2D eigenvalue weighted by Gasteiger charge is 2.17. The Morgan fingerprint density at radius 1 is 1.13 bits per heavy atom. The molecule has 0 aromatic carbocycles. The molecule has 1 aromatic heterocycles. The maximum Gasteiger partial charge on any atom is 0.132 e. The SMILES string of the molecule is OC(CNc1ncnc2c1CCNCC2)CN1CCCCCC1. The van der Waals surface area contributed by atoms with Crippen LogP contribution >= 0.6 is 0 Å². The smallest absolute Gasteiger partial charge is 0.132 e. The molecule has 128 valence electrons. The van der Waals surface area contributed by atoms with Crippen molar-refractivity contribution in [3.8, 4) is 0 Å². The summed E-state index contributed by atoms with van der Waals surface area (Å²) in [5, 5.41) is 17.1. The summed E-state index contributed by atoms with van der Waals surface area (Å²) in [5.41, 5.74) is 2.34. The van der Waals surface area contributed by atoms with Gasteiger partial charge in [-0.15, -0.1) is 0 Å². The van der Waals surface area contributed by atoms with Crippen LogP contribution < -0.4 is 10.6 Å². The lowest BCUT2D eigenvalue weighted by atomic mass is 10.1. The Labute approximate surface area is 138 Å². The Kier molecular flexibility index (Phi) is 6.19. The molecule has 6 heteroatoms. The highest BCUT2D eigenvalue weighted by Crippen LogP contribution is 2.18. The lowest BCUT2D eigenvalue weighted by Gasteiger charge is -2.23. The third kappa shape index (κ3) is 4.86. The molecule has 1 atom stereocenters. The molecular weight excluding hydrogens is 290 g/mol. The predicted molar refractivity (Wildman–Crippen MR) is 91.7 cm³/mol. The fourth-order valence-corrected chi connectivity index (χ4v) is 3.52. The third-order valence-electron chi connectivity index (χ3n) is 4.80. The van der Waals surface area contributed by atoms with Crippen molar-refractivity contribution in [1.29, 1.82) is 0 Å². The average Bonchev–Trinajstić information content (AvgIpc) is 2.95. The summed E-state index contributed by atoms with van der Waals surface area (Å²) in [6.07, 6.45) is 8.33. The van der Waals surface area contributed by atoms with Crippen LogP contribution in [0.4, 0.5) is 5.82 Å². The van der Waals surface area contributed by atoms with Crippen molar-refractivity contribution in [3.05, 3.63) is 17.6 Å². The molecule has 1 fully saturated rings. The zero-order chi connectivity index (χ0) is 15.9. The molecule has 2 aliphatic heterocycles. The molecule has 1 unspecified atom stereocenters. The van der Waals surface area contributed by atoms with E-state index >= 15 is 0 Å². The second kappa shape index (κ2) is 8.57. The van der Waals surface area contributed by atoms with Crippen LogP contribution in [0.25, 0.3) is 0 Å². The van der Waals surface area contributed by atoms with E-state index in [1.807, 2.05) is 0 Å². The number of hydrogen-bond donors (Lipinski definition) is 3. The maximum atomic E-state index is 10.4. The van der Waals surface area contributed by atoms with Gasteiger partial charge in [0.15, 0.2) is 0 Å². The van der Waals surface area contributed by atoms with Gasteiger partial charge in [-0.05, 0) is 38.9 Å². The van der Waals surface area contributed by atoms with Gasteiger partial charge in [-0.3, -0.25) is 0 Å². The van der Waals surface area contributed by atoms with Gasteiger partial charge in [-0.1, -0.05) is 12.8 Å². The van der Waals surface area contributed by atoms with Gasteiger partial charge in [0.05, 0.1) is 11.8 Å². The molecule has 0 radical (unpaired) electrons. The second-order valence-electron chi connectivity index (χ2n) is 6.65. The Balaban J connectivity index is 1.53. The minimum atomic E-state index is -0.359. The van der Waals surface area contributed by atoms with Crippen LogP contribution in [-0.4, -0.2) is 65.3 Å². The van der Waals surface area contributed by atoms with E-state index in [4.69, 9.17) is 0 Å². The standard InChI is InChI=1S/C17H29N5O/c23-14(12-22-9-3-1-2-4-10-22)11-19-17-15-5-7-18-8-6-16(15)20-13-21-17/h13-14,18,23H,1-12H2,(H,19,20,21). The normalized spacial score (nSPS) is 21.1. The van der Waals surface area contributed by atoms with E-state index in [1.54, 1.807) is 6.33 Å². The van der Waals surface area contributed by atoms with Crippen molar-refractivity contribution in [2.75, 3.05) is 44.6 Å². The molecule has 3 N–H and O–H groups in total. The number of rotatable bonds is 5. The molecule has 6 nitrogen and oxygen atoms in total. The first-order valence-corrected chi connectivity index (χ1v) is 9.00. The minimum absolute atomic E-state index is 0.359. The fourth-order valence-electron chi connectivity index (χ4n) is 3.52. The van der Waals surface area contributed by atoms with Gasteiger partial charge in [0.1, 0.15) is 12.1 Å². The van der Waals surface area contributed by atoms with E-state index in [2.05, 4.69) is 25.5 Å². The maximum absolute atomic E-state index is 10.4. The average molecular weight is 319 g/mol. The quantitative estimate of drug-likeness (QED) is 0.746. The molecule has 23 heavy (non-hydrogen) atoms. The largest absolute Gasteiger partial charge is 0.390 e.